The Balaban J connectivity index is 1.70. The first kappa shape index (κ1) is 18.6. The van der Waals surface area contributed by atoms with E-state index >= 15 is 0 Å². The summed E-state index contributed by atoms with van der Waals surface area (Å²) in [4.78, 5) is 15.3. The third-order valence-electron chi connectivity index (χ3n) is 5.27. The fourth-order valence-corrected chi connectivity index (χ4v) is 3.53. The van der Waals surface area contributed by atoms with E-state index in [0.29, 0.717) is 6.54 Å². The van der Waals surface area contributed by atoms with E-state index in [9.17, 15) is 4.79 Å². The number of rotatable bonds is 7. The second-order valence-electron chi connectivity index (χ2n) is 7.15. The zero-order valence-corrected chi connectivity index (χ0v) is 15.5. The SMILES string of the molecule is CC(C(=O)NC(CN1CCCC1)c1ccccc1)c1ccc(CN)cc1. The van der Waals surface area contributed by atoms with Crippen LogP contribution in [-0.4, -0.2) is 30.4 Å². The van der Waals surface area contributed by atoms with Gasteiger partial charge in [0.25, 0.3) is 0 Å². The number of hydrogen-bond donors (Lipinski definition) is 2. The molecular formula is C22H29N3O. The lowest BCUT2D eigenvalue weighted by Crippen LogP contribution is -2.38. The summed E-state index contributed by atoms with van der Waals surface area (Å²) in [7, 11) is 0. The van der Waals surface area contributed by atoms with Crippen LogP contribution in [0.1, 0.15) is 48.4 Å². The van der Waals surface area contributed by atoms with E-state index in [-0.39, 0.29) is 17.9 Å². The second kappa shape index (κ2) is 8.97. The predicted octanol–water partition coefficient (Wildman–Crippen LogP) is 3.20. The first-order chi connectivity index (χ1) is 12.7. The summed E-state index contributed by atoms with van der Waals surface area (Å²) in [6.45, 7) is 5.59. The summed E-state index contributed by atoms with van der Waals surface area (Å²) in [5, 5.41) is 3.28. The van der Waals surface area contributed by atoms with Gasteiger partial charge in [-0.1, -0.05) is 54.6 Å². The van der Waals surface area contributed by atoms with Crippen molar-refractivity contribution < 1.29 is 4.79 Å². The Kier molecular flexibility index (Phi) is 6.42. The van der Waals surface area contributed by atoms with Crippen LogP contribution in [0.2, 0.25) is 0 Å². The number of nitrogens with one attached hydrogen (secondary N) is 1. The van der Waals surface area contributed by atoms with Crippen LogP contribution >= 0.6 is 0 Å². The van der Waals surface area contributed by atoms with Crippen LogP contribution in [0.25, 0.3) is 0 Å². The number of benzene rings is 2. The first-order valence-corrected chi connectivity index (χ1v) is 9.54. The molecule has 0 saturated carbocycles. The van der Waals surface area contributed by atoms with Gasteiger partial charge in [0.2, 0.25) is 5.91 Å². The summed E-state index contributed by atoms with van der Waals surface area (Å²) < 4.78 is 0. The van der Waals surface area contributed by atoms with Gasteiger partial charge in [-0.15, -0.1) is 0 Å². The van der Waals surface area contributed by atoms with Gasteiger partial charge in [0.1, 0.15) is 0 Å². The molecule has 4 nitrogen and oxygen atoms in total. The zero-order chi connectivity index (χ0) is 18.4. The average Bonchev–Trinajstić information content (AvgIpc) is 3.20. The van der Waals surface area contributed by atoms with Gasteiger partial charge in [-0.05, 0) is 49.5 Å². The molecular weight excluding hydrogens is 322 g/mol. The highest BCUT2D eigenvalue weighted by Gasteiger charge is 2.23. The van der Waals surface area contributed by atoms with Crippen molar-refractivity contribution in [2.75, 3.05) is 19.6 Å². The topological polar surface area (TPSA) is 58.4 Å². The summed E-state index contributed by atoms with van der Waals surface area (Å²) in [6, 6.07) is 18.3. The summed E-state index contributed by atoms with van der Waals surface area (Å²) in [5.41, 5.74) is 8.93. The maximum absolute atomic E-state index is 12.9. The molecule has 0 spiro atoms. The van der Waals surface area contributed by atoms with E-state index in [1.165, 1.54) is 18.4 Å². The predicted molar refractivity (Wildman–Crippen MR) is 106 cm³/mol. The lowest BCUT2D eigenvalue weighted by Gasteiger charge is -2.26. The Morgan fingerprint density at radius 2 is 1.69 bits per heavy atom. The largest absolute Gasteiger partial charge is 0.347 e. The molecule has 2 aromatic rings. The molecule has 0 radical (unpaired) electrons. The highest BCUT2D eigenvalue weighted by molar-refractivity contribution is 5.83. The molecule has 0 aliphatic carbocycles. The van der Waals surface area contributed by atoms with Gasteiger partial charge >= 0.3 is 0 Å². The van der Waals surface area contributed by atoms with Crippen molar-refractivity contribution in [1.82, 2.24) is 10.2 Å². The minimum Gasteiger partial charge on any atom is -0.347 e. The Hall–Kier alpha value is -2.17. The molecule has 1 fully saturated rings. The highest BCUT2D eigenvalue weighted by atomic mass is 16.1. The van der Waals surface area contributed by atoms with Crippen molar-refractivity contribution in [3.63, 3.8) is 0 Å². The molecule has 4 heteroatoms. The number of likely N-dealkylation sites (tertiary alicyclic amines) is 1. The lowest BCUT2D eigenvalue weighted by molar-refractivity contribution is -0.123. The fourth-order valence-electron chi connectivity index (χ4n) is 3.53. The minimum absolute atomic E-state index is 0.0209. The molecule has 2 unspecified atom stereocenters. The Bertz CT molecular complexity index is 693. The molecule has 1 heterocycles. The van der Waals surface area contributed by atoms with Crippen molar-refractivity contribution in [2.24, 2.45) is 5.73 Å². The van der Waals surface area contributed by atoms with E-state index in [0.717, 1.165) is 30.8 Å². The monoisotopic (exact) mass is 351 g/mol. The lowest BCUT2D eigenvalue weighted by atomic mass is 9.97. The fraction of sp³-hybridized carbons (Fsp3) is 0.409. The minimum atomic E-state index is -0.188. The summed E-state index contributed by atoms with van der Waals surface area (Å²) >= 11 is 0. The molecule has 3 rings (SSSR count). The standard InChI is InChI=1S/C22H29N3O/c1-17(19-11-9-18(15-23)10-12-19)22(26)24-21(16-25-13-5-6-14-25)20-7-3-2-4-8-20/h2-4,7-12,17,21H,5-6,13-16,23H2,1H3,(H,24,26). The second-order valence-corrected chi connectivity index (χ2v) is 7.15. The van der Waals surface area contributed by atoms with Gasteiger partial charge < -0.3 is 16.0 Å². The van der Waals surface area contributed by atoms with Crippen molar-refractivity contribution in [2.45, 2.75) is 38.3 Å². The van der Waals surface area contributed by atoms with Crippen molar-refractivity contribution in [3.8, 4) is 0 Å². The number of amides is 1. The molecule has 1 amide bonds. The highest BCUT2D eigenvalue weighted by Crippen LogP contribution is 2.21. The maximum Gasteiger partial charge on any atom is 0.227 e. The number of nitrogens with two attached hydrogens (primary N) is 1. The van der Waals surface area contributed by atoms with E-state index in [4.69, 9.17) is 5.73 Å². The smallest absolute Gasteiger partial charge is 0.227 e. The summed E-state index contributed by atoms with van der Waals surface area (Å²) in [6.07, 6.45) is 2.50. The van der Waals surface area contributed by atoms with Crippen molar-refractivity contribution in [3.05, 3.63) is 71.3 Å². The Morgan fingerprint density at radius 3 is 2.31 bits per heavy atom. The number of carbonyl (C=O) groups is 1. The zero-order valence-electron chi connectivity index (χ0n) is 15.5. The van der Waals surface area contributed by atoms with Crippen LogP contribution in [-0.2, 0) is 11.3 Å². The molecule has 1 saturated heterocycles. The van der Waals surface area contributed by atoms with E-state index in [2.05, 4.69) is 22.3 Å². The molecule has 138 valence electrons. The van der Waals surface area contributed by atoms with Gasteiger partial charge in [0.05, 0.1) is 12.0 Å². The quantitative estimate of drug-likeness (QED) is 0.805. The van der Waals surface area contributed by atoms with Crippen LogP contribution in [0.5, 0.6) is 0 Å². The van der Waals surface area contributed by atoms with E-state index in [1.54, 1.807) is 0 Å². The van der Waals surface area contributed by atoms with Crippen LogP contribution in [0, 0.1) is 0 Å². The van der Waals surface area contributed by atoms with Gasteiger partial charge in [-0.2, -0.15) is 0 Å². The van der Waals surface area contributed by atoms with Gasteiger partial charge in [0.15, 0.2) is 0 Å². The van der Waals surface area contributed by atoms with Crippen LogP contribution in [0.4, 0.5) is 0 Å². The first-order valence-electron chi connectivity index (χ1n) is 9.54. The van der Waals surface area contributed by atoms with E-state index in [1.807, 2.05) is 49.4 Å². The number of nitrogens with zero attached hydrogens (tertiary/aromatic N) is 1. The van der Waals surface area contributed by atoms with Crippen LogP contribution in [0.15, 0.2) is 54.6 Å². The van der Waals surface area contributed by atoms with Crippen molar-refractivity contribution >= 4 is 5.91 Å². The third-order valence-corrected chi connectivity index (χ3v) is 5.27. The van der Waals surface area contributed by atoms with Crippen LogP contribution in [0.3, 0.4) is 0 Å². The molecule has 2 aromatic carbocycles. The van der Waals surface area contributed by atoms with Crippen LogP contribution < -0.4 is 11.1 Å². The third kappa shape index (κ3) is 4.71. The normalized spacial score (nSPS) is 17.0. The Labute approximate surface area is 156 Å². The van der Waals surface area contributed by atoms with Gasteiger partial charge in [-0.3, -0.25) is 4.79 Å². The molecule has 0 bridgehead atoms. The molecule has 3 N–H and O–H groups in total. The summed E-state index contributed by atoms with van der Waals surface area (Å²) in [5.74, 6) is -0.120. The van der Waals surface area contributed by atoms with Gasteiger partial charge in [-0.25, -0.2) is 0 Å². The molecule has 26 heavy (non-hydrogen) atoms. The molecule has 0 aromatic heterocycles. The molecule has 2 atom stereocenters. The number of carbonyl (C=O) groups excluding carboxylic acids is 1. The number of hydrogen-bond acceptors (Lipinski definition) is 3. The van der Waals surface area contributed by atoms with Crippen molar-refractivity contribution in [1.29, 1.82) is 0 Å². The average molecular weight is 351 g/mol. The molecule has 1 aliphatic rings. The maximum atomic E-state index is 12.9. The molecule has 1 aliphatic heterocycles. The van der Waals surface area contributed by atoms with E-state index < -0.39 is 0 Å². The Morgan fingerprint density at radius 1 is 1.04 bits per heavy atom. The van der Waals surface area contributed by atoms with Gasteiger partial charge in [0, 0.05) is 13.1 Å².